The summed E-state index contributed by atoms with van der Waals surface area (Å²) in [6.07, 6.45) is 7.62. The largest absolute Gasteiger partial charge is 0.504 e. The molecule has 0 aromatic heterocycles. The van der Waals surface area contributed by atoms with E-state index in [2.05, 4.69) is 0 Å². The van der Waals surface area contributed by atoms with Crippen molar-refractivity contribution in [3.63, 3.8) is 0 Å². The Balaban J connectivity index is 2.21. The lowest BCUT2D eigenvalue weighted by Crippen LogP contribution is -1.94. The van der Waals surface area contributed by atoms with Gasteiger partial charge in [-0.25, -0.2) is 0 Å². The predicted octanol–water partition coefficient (Wildman–Crippen LogP) is 2.09. The first kappa shape index (κ1) is 9.59. The molecule has 0 bridgehead atoms. The second-order valence-electron chi connectivity index (χ2n) is 3.49. The van der Waals surface area contributed by atoms with Gasteiger partial charge in [-0.1, -0.05) is 0 Å². The van der Waals surface area contributed by atoms with Crippen molar-refractivity contribution < 1.29 is 9.84 Å². The summed E-state index contributed by atoms with van der Waals surface area (Å²) in [6, 6.07) is 0. The van der Waals surface area contributed by atoms with Gasteiger partial charge < -0.3 is 9.84 Å². The fourth-order valence-electron chi connectivity index (χ4n) is 1.86. The molecule has 2 nitrogen and oxygen atoms in total. The highest BCUT2D eigenvalue weighted by Gasteiger charge is 2.18. The minimum atomic E-state index is 0.333. The van der Waals surface area contributed by atoms with E-state index in [1.165, 1.54) is 24.8 Å². The lowest BCUT2D eigenvalue weighted by Gasteiger charge is -2.05. The zero-order chi connectivity index (χ0) is 8.81. The molecule has 0 aromatic carbocycles. The van der Waals surface area contributed by atoms with Crippen LogP contribution < -0.4 is 0 Å². The van der Waals surface area contributed by atoms with E-state index in [4.69, 9.17) is 9.84 Å². The van der Waals surface area contributed by atoms with Gasteiger partial charge in [0.05, 0.1) is 13.4 Å². The van der Waals surface area contributed by atoms with Crippen molar-refractivity contribution in [2.45, 2.75) is 32.1 Å². The summed E-state index contributed by atoms with van der Waals surface area (Å²) in [5.41, 5.74) is 1.43. The number of hydrogen-bond acceptors (Lipinski definition) is 2. The maximum atomic E-state index is 8.66. The van der Waals surface area contributed by atoms with Crippen molar-refractivity contribution in [2.24, 2.45) is 5.92 Å². The van der Waals surface area contributed by atoms with E-state index in [1.807, 2.05) is 6.26 Å². The van der Waals surface area contributed by atoms with Crippen molar-refractivity contribution in [1.29, 1.82) is 0 Å². The first-order valence-electron chi connectivity index (χ1n) is 4.68. The summed E-state index contributed by atoms with van der Waals surface area (Å²) >= 11 is 0. The molecule has 1 fully saturated rings. The van der Waals surface area contributed by atoms with Crippen LogP contribution in [0.4, 0.5) is 0 Å². The van der Waals surface area contributed by atoms with Crippen LogP contribution in [-0.2, 0) is 4.74 Å². The molecule has 0 aromatic rings. The quantitative estimate of drug-likeness (QED) is 0.655. The fraction of sp³-hybridized carbons (Fsp3) is 0.800. The van der Waals surface area contributed by atoms with Crippen LogP contribution in [0.25, 0.3) is 0 Å². The Labute approximate surface area is 74.2 Å². The molecule has 2 heteroatoms. The number of aliphatic hydroxyl groups is 1. The molecular weight excluding hydrogens is 152 g/mol. The zero-order valence-electron chi connectivity index (χ0n) is 7.75. The zero-order valence-corrected chi connectivity index (χ0v) is 7.75. The molecule has 1 aliphatic carbocycles. The van der Waals surface area contributed by atoms with Gasteiger partial charge in [-0.05, 0) is 43.6 Å². The molecule has 0 aliphatic heterocycles. The fourth-order valence-corrected chi connectivity index (χ4v) is 1.86. The van der Waals surface area contributed by atoms with Gasteiger partial charge in [0.25, 0.3) is 0 Å². The van der Waals surface area contributed by atoms with E-state index in [9.17, 15) is 0 Å². The molecule has 1 N–H and O–H groups in total. The minimum Gasteiger partial charge on any atom is -0.504 e. The number of methoxy groups -OCH3 is 1. The van der Waals surface area contributed by atoms with Crippen LogP contribution >= 0.6 is 0 Å². The number of allylic oxidation sites excluding steroid dienone is 1. The van der Waals surface area contributed by atoms with E-state index < -0.39 is 0 Å². The smallest absolute Gasteiger partial charge is 0.0816 e. The summed E-state index contributed by atoms with van der Waals surface area (Å²) in [5, 5.41) is 8.66. The topological polar surface area (TPSA) is 29.5 Å². The third-order valence-electron chi connectivity index (χ3n) is 2.48. The molecule has 12 heavy (non-hydrogen) atoms. The van der Waals surface area contributed by atoms with Crippen LogP contribution in [0.3, 0.4) is 0 Å². The highest BCUT2D eigenvalue weighted by atomic mass is 16.5. The Hall–Kier alpha value is -0.500. The Bertz CT molecular complexity index is 152. The van der Waals surface area contributed by atoms with E-state index >= 15 is 0 Å². The average Bonchev–Trinajstić information content (AvgIpc) is 2.50. The van der Waals surface area contributed by atoms with Crippen molar-refractivity contribution in [3.8, 4) is 0 Å². The van der Waals surface area contributed by atoms with Gasteiger partial charge >= 0.3 is 0 Å². The number of aliphatic hydroxyl groups excluding tert-OH is 1. The SMILES string of the molecule is CO/C=C1/CCC(CCCO)C1. The number of ether oxygens (including phenoxy) is 1. The van der Waals surface area contributed by atoms with Crippen LogP contribution in [0.1, 0.15) is 32.1 Å². The molecule has 70 valence electrons. The predicted molar refractivity (Wildman–Crippen MR) is 48.8 cm³/mol. The van der Waals surface area contributed by atoms with Gasteiger partial charge in [0.15, 0.2) is 0 Å². The highest BCUT2D eigenvalue weighted by Crippen LogP contribution is 2.32. The van der Waals surface area contributed by atoms with Gasteiger partial charge in [-0.3, -0.25) is 0 Å². The van der Waals surface area contributed by atoms with E-state index in [-0.39, 0.29) is 0 Å². The second kappa shape index (κ2) is 5.20. The molecule has 1 saturated carbocycles. The molecule has 1 rings (SSSR count). The van der Waals surface area contributed by atoms with Crippen LogP contribution in [0, 0.1) is 5.92 Å². The van der Waals surface area contributed by atoms with Crippen LogP contribution in [0.5, 0.6) is 0 Å². The molecule has 0 heterocycles. The highest BCUT2D eigenvalue weighted by molar-refractivity contribution is 5.04. The third kappa shape index (κ3) is 2.86. The number of rotatable bonds is 4. The molecule has 1 unspecified atom stereocenters. The Morgan fingerprint density at radius 1 is 1.67 bits per heavy atom. The Morgan fingerprint density at radius 2 is 2.50 bits per heavy atom. The summed E-state index contributed by atoms with van der Waals surface area (Å²) in [5.74, 6) is 0.790. The van der Waals surface area contributed by atoms with Crippen molar-refractivity contribution in [2.75, 3.05) is 13.7 Å². The first-order valence-corrected chi connectivity index (χ1v) is 4.68. The summed E-state index contributed by atoms with van der Waals surface area (Å²) in [6.45, 7) is 0.333. The number of hydrogen-bond donors (Lipinski definition) is 1. The monoisotopic (exact) mass is 170 g/mol. The normalized spacial score (nSPS) is 26.5. The van der Waals surface area contributed by atoms with Crippen molar-refractivity contribution >= 4 is 0 Å². The maximum absolute atomic E-state index is 8.66. The summed E-state index contributed by atoms with van der Waals surface area (Å²) < 4.78 is 4.97. The van der Waals surface area contributed by atoms with Crippen LogP contribution in [0.15, 0.2) is 11.8 Å². The first-order chi connectivity index (χ1) is 5.86. The average molecular weight is 170 g/mol. The molecule has 0 saturated heterocycles. The molecule has 0 spiro atoms. The Kier molecular flexibility index (Phi) is 4.15. The lowest BCUT2D eigenvalue weighted by atomic mass is 10.0. The second-order valence-corrected chi connectivity index (χ2v) is 3.49. The molecule has 1 aliphatic rings. The lowest BCUT2D eigenvalue weighted by molar-refractivity contribution is 0.272. The van der Waals surface area contributed by atoms with Gasteiger partial charge in [-0.15, -0.1) is 0 Å². The Morgan fingerprint density at radius 3 is 3.17 bits per heavy atom. The van der Waals surface area contributed by atoms with E-state index in [0.29, 0.717) is 6.61 Å². The summed E-state index contributed by atoms with van der Waals surface area (Å²) in [7, 11) is 1.70. The van der Waals surface area contributed by atoms with Crippen LogP contribution in [0.2, 0.25) is 0 Å². The van der Waals surface area contributed by atoms with Crippen LogP contribution in [-0.4, -0.2) is 18.8 Å². The standard InChI is InChI=1S/C10H18O2/c1-12-8-10-5-4-9(7-10)3-2-6-11/h8-9,11H,2-7H2,1H3/b10-8-. The molecular formula is C10H18O2. The molecule has 1 atom stereocenters. The molecule has 0 amide bonds. The minimum absolute atomic E-state index is 0.333. The molecule has 0 radical (unpaired) electrons. The maximum Gasteiger partial charge on any atom is 0.0816 e. The third-order valence-corrected chi connectivity index (χ3v) is 2.48. The van der Waals surface area contributed by atoms with E-state index in [0.717, 1.165) is 18.8 Å². The van der Waals surface area contributed by atoms with Gasteiger partial charge in [0, 0.05) is 6.61 Å². The van der Waals surface area contributed by atoms with E-state index in [1.54, 1.807) is 7.11 Å². The van der Waals surface area contributed by atoms with Crippen molar-refractivity contribution in [3.05, 3.63) is 11.8 Å². The summed E-state index contributed by atoms with van der Waals surface area (Å²) in [4.78, 5) is 0. The van der Waals surface area contributed by atoms with Crippen molar-refractivity contribution in [1.82, 2.24) is 0 Å². The van der Waals surface area contributed by atoms with Gasteiger partial charge in [-0.2, -0.15) is 0 Å². The van der Waals surface area contributed by atoms with Gasteiger partial charge in [0.1, 0.15) is 0 Å². The van der Waals surface area contributed by atoms with Gasteiger partial charge in [0.2, 0.25) is 0 Å².